The third-order valence-electron chi connectivity index (χ3n) is 5.83. The first-order valence-corrected chi connectivity index (χ1v) is 11.9. The van der Waals surface area contributed by atoms with Crippen LogP contribution < -0.4 is 9.47 Å². The van der Waals surface area contributed by atoms with Gasteiger partial charge in [-0.05, 0) is 73.5 Å². The highest BCUT2D eigenvalue weighted by Gasteiger charge is 2.13. The molecule has 176 valence electrons. The van der Waals surface area contributed by atoms with Gasteiger partial charge in [0.25, 0.3) is 0 Å². The fourth-order valence-electron chi connectivity index (χ4n) is 3.99. The Hall–Kier alpha value is -3.06. The summed E-state index contributed by atoms with van der Waals surface area (Å²) in [7, 11) is 0. The van der Waals surface area contributed by atoms with Crippen LogP contribution in [-0.2, 0) is 4.74 Å². The number of hydrogen-bond acceptors (Lipinski definition) is 6. The van der Waals surface area contributed by atoms with Crippen molar-refractivity contribution < 1.29 is 18.6 Å². The summed E-state index contributed by atoms with van der Waals surface area (Å²) in [6.45, 7) is 7.44. The van der Waals surface area contributed by atoms with E-state index in [1.165, 1.54) is 0 Å². The summed E-state index contributed by atoms with van der Waals surface area (Å²) < 4.78 is 23.3. The van der Waals surface area contributed by atoms with Gasteiger partial charge in [-0.25, -0.2) is 4.98 Å². The number of benzene rings is 3. The van der Waals surface area contributed by atoms with Crippen molar-refractivity contribution in [3.63, 3.8) is 0 Å². The Bertz CT molecular complexity index is 1250. The zero-order chi connectivity index (χ0) is 23.3. The molecule has 0 N–H and O–H groups in total. The van der Waals surface area contributed by atoms with Crippen LogP contribution in [0.2, 0.25) is 5.02 Å². The molecule has 4 aromatic rings. The molecule has 0 saturated carbocycles. The Morgan fingerprint density at radius 3 is 2.50 bits per heavy atom. The van der Waals surface area contributed by atoms with Crippen LogP contribution >= 0.6 is 11.6 Å². The van der Waals surface area contributed by atoms with Crippen molar-refractivity contribution in [3.8, 4) is 28.7 Å². The number of hydrogen-bond donors (Lipinski definition) is 0. The van der Waals surface area contributed by atoms with Crippen LogP contribution in [-0.4, -0.2) is 49.3 Å². The van der Waals surface area contributed by atoms with Crippen molar-refractivity contribution >= 4 is 22.7 Å². The van der Waals surface area contributed by atoms with Gasteiger partial charge in [-0.15, -0.1) is 0 Å². The number of ether oxygens (including phenoxy) is 3. The number of halogens is 1. The fourth-order valence-corrected chi connectivity index (χ4v) is 4.12. The molecule has 1 aliphatic heterocycles. The molecule has 7 heteroatoms. The molecule has 0 aliphatic carbocycles. The highest BCUT2D eigenvalue weighted by molar-refractivity contribution is 6.30. The molecule has 0 radical (unpaired) electrons. The first-order valence-electron chi connectivity index (χ1n) is 11.5. The van der Waals surface area contributed by atoms with E-state index in [2.05, 4.69) is 9.88 Å². The van der Waals surface area contributed by atoms with E-state index in [-0.39, 0.29) is 0 Å². The third kappa shape index (κ3) is 5.53. The van der Waals surface area contributed by atoms with Gasteiger partial charge in [0.05, 0.1) is 19.8 Å². The van der Waals surface area contributed by atoms with Gasteiger partial charge >= 0.3 is 0 Å². The maximum atomic E-state index is 6.07. The van der Waals surface area contributed by atoms with Gasteiger partial charge in [0.1, 0.15) is 22.8 Å². The minimum absolute atomic E-state index is 0.579. The highest BCUT2D eigenvalue weighted by Crippen LogP contribution is 2.32. The predicted molar refractivity (Wildman–Crippen MR) is 133 cm³/mol. The van der Waals surface area contributed by atoms with Gasteiger partial charge in [-0.3, -0.25) is 4.90 Å². The van der Waals surface area contributed by atoms with Crippen molar-refractivity contribution in [2.45, 2.75) is 13.3 Å². The number of nitrogens with zero attached hydrogens (tertiary/aromatic N) is 2. The summed E-state index contributed by atoms with van der Waals surface area (Å²) in [5.41, 5.74) is 3.44. The minimum atomic E-state index is 0.579. The zero-order valence-electron chi connectivity index (χ0n) is 19.1. The Labute approximate surface area is 204 Å². The first-order chi connectivity index (χ1) is 16.6. The van der Waals surface area contributed by atoms with Crippen molar-refractivity contribution in [3.05, 3.63) is 71.2 Å². The van der Waals surface area contributed by atoms with E-state index in [0.717, 1.165) is 61.7 Å². The average molecular weight is 479 g/mol. The van der Waals surface area contributed by atoms with Crippen LogP contribution in [0.5, 0.6) is 17.2 Å². The minimum Gasteiger partial charge on any atom is -0.494 e. The van der Waals surface area contributed by atoms with E-state index in [0.29, 0.717) is 34.6 Å². The second-order valence-electron chi connectivity index (χ2n) is 8.34. The molecule has 2 heterocycles. The maximum Gasteiger partial charge on any atom is 0.227 e. The average Bonchev–Trinajstić information content (AvgIpc) is 3.27. The number of fused-ring (bicyclic) bond motifs is 1. The lowest BCUT2D eigenvalue weighted by molar-refractivity contribution is 0.0358. The topological polar surface area (TPSA) is 57.0 Å². The van der Waals surface area contributed by atoms with Gasteiger partial charge in [0, 0.05) is 36.3 Å². The van der Waals surface area contributed by atoms with Crippen molar-refractivity contribution in [1.29, 1.82) is 0 Å². The monoisotopic (exact) mass is 478 g/mol. The fraction of sp³-hybridized carbons (Fsp3) is 0.296. The van der Waals surface area contributed by atoms with Crippen LogP contribution in [0.3, 0.4) is 0 Å². The summed E-state index contributed by atoms with van der Waals surface area (Å²) in [6, 6.07) is 18.9. The molecule has 1 aromatic heterocycles. The molecule has 1 saturated heterocycles. The second-order valence-corrected chi connectivity index (χ2v) is 8.77. The van der Waals surface area contributed by atoms with Gasteiger partial charge in [0.15, 0.2) is 5.58 Å². The van der Waals surface area contributed by atoms with Crippen LogP contribution in [0.15, 0.2) is 65.1 Å². The van der Waals surface area contributed by atoms with Gasteiger partial charge in [-0.2, -0.15) is 0 Å². The molecule has 6 nitrogen and oxygen atoms in total. The molecule has 0 bridgehead atoms. The lowest BCUT2D eigenvalue weighted by Crippen LogP contribution is -2.37. The molecule has 0 atom stereocenters. The molecule has 0 unspecified atom stereocenters. The highest BCUT2D eigenvalue weighted by atomic mass is 35.5. The van der Waals surface area contributed by atoms with Crippen molar-refractivity contribution in [2.24, 2.45) is 0 Å². The first kappa shape index (κ1) is 22.7. The summed E-state index contributed by atoms with van der Waals surface area (Å²) in [5, 5.41) is 0.669. The van der Waals surface area contributed by atoms with E-state index in [4.69, 9.17) is 30.2 Å². The maximum absolute atomic E-state index is 6.07. The van der Waals surface area contributed by atoms with Crippen LogP contribution in [0.25, 0.3) is 22.6 Å². The number of aromatic nitrogens is 1. The van der Waals surface area contributed by atoms with Crippen molar-refractivity contribution in [1.82, 2.24) is 9.88 Å². The number of aryl methyl sites for hydroxylation is 1. The number of rotatable bonds is 8. The molecule has 34 heavy (non-hydrogen) atoms. The van der Waals surface area contributed by atoms with E-state index in [1.54, 1.807) is 12.1 Å². The smallest absolute Gasteiger partial charge is 0.227 e. The van der Waals surface area contributed by atoms with Crippen LogP contribution in [0.4, 0.5) is 0 Å². The molecule has 0 spiro atoms. The van der Waals surface area contributed by atoms with E-state index < -0.39 is 0 Å². The van der Waals surface area contributed by atoms with E-state index in [1.807, 2.05) is 55.5 Å². The lowest BCUT2D eigenvalue weighted by atomic mass is 10.1. The molecule has 5 rings (SSSR count). The SMILES string of the molecule is Cc1cc(OCCCN2CCOCC2)ccc1-c1nc2ccc(Oc3ccc(Cl)cc3)cc2o1. The lowest BCUT2D eigenvalue weighted by Gasteiger charge is -2.26. The van der Waals surface area contributed by atoms with Crippen LogP contribution in [0.1, 0.15) is 12.0 Å². The molecular weight excluding hydrogens is 452 g/mol. The quantitative estimate of drug-likeness (QED) is 0.275. The Morgan fingerprint density at radius 1 is 0.941 bits per heavy atom. The molecule has 1 aliphatic rings. The zero-order valence-corrected chi connectivity index (χ0v) is 19.9. The summed E-state index contributed by atoms with van der Waals surface area (Å²) in [6.07, 6.45) is 0.992. The third-order valence-corrected chi connectivity index (χ3v) is 6.08. The summed E-state index contributed by atoms with van der Waals surface area (Å²) >= 11 is 5.94. The standard InChI is InChI=1S/C27H27ClN2O4/c1-19-17-22(32-14-2-11-30-12-15-31-16-13-30)7-9-24(19)27-29-25-10-8-23(18-26(25)34-27)33-21-5-3-20(28)4-6-21/h3-10,17-18H,2,11-16H2,1H3. The van der Waals surface area contributed by atoms with E-state index in [9.17, 15) is 0 Å². The largest absolute Gasteiger partial charge is 0.494 e. The Kier molecular flexibility index (Phi) is 7.00. The van der Waals surface area contributed by atoms with Gasteiger partial charge < -0.3 is 18.6 Å². The van der Waals surface area contributed by atoms with Crippen molar-refractivity contribution in [2.75, 3.05) is 39.5 Å². The van der Waals surface area contributed by atoms with Gasteiger partial charge in [-0.1, -0.05) is 11.6 Å². The summed E-state index contributed by atoms with van der Waals surface area (Å²) in [5.74, 6) is 2.82. The molecule has 3 aromatic carbocycles. The predicted octanol–water partition coefficient (Wildman–Crippen LogP) is 6.35. The Morgan fingerprint density at radius 2 is 1.71 bits per heavy atom. The number of oxazole rings is 1. The molecular formula is C27H27ClN2O4. The number of morpholine rings is 1. The van der Waals surface area contributed by atoms with Crippen LogP contribution in [0, 0.1) is 6.92 Å². The summed E-state index contributed by atoms with van der Waals surface area (Å²) in [4.78, 5) is 7.08. The second kappa shape index (κ2) is 10.5. The van der Waals surface area contributed by atoms with E-state index >= 15 is 0 Å². The van der Waals surface area contributed by atoms with Gasteiger partial charge in [0.2, 0.25) is 5.89 Å². The normalized spacial score (nSPS) is 14.4. The Balaban J connectivity index is 1.23. The molecule has 1 fully saturated rings. The molecule has 0 amide bonds.